The van der Waals surface area contributed by atoms with Crippen molar-refractivity contribution in [1.82, 2.24) is 4.57 Å². The summed E-state index contributed by atoms with van der Waals surface area (Å²) in [6.07, 6.45) is 0. The van der Waals surface area contributed by atoms with E-state index in [1.54, 1.807) is 13.1 Å². The van der Waals surface area contributed by atoms with Crippen molar-refractivity contribution in [2.45, 2.75) is 5.33 Å². The van der Waals surface area contributed by atoms with Crippen molar-refractivity contribution < 1.29 is 9.34 Å². The number of nitro groups is 1. The molecule has 0 aliphatic heterocycles. The lowest BCUT2D eigenvalue weighted by Gasteiger charge is -1.99. The van der Waals surface area contributed by atoms with Crippen molar-refractivity contribution in [2.75, 3.05) is 0 Å². The van der Waals surface area contributed by atoms with Crippen LogP contribution in [0.5, 0.6) is 0 Å². The maximum absolute atomic E-state index is 11.2. The molecular weight excluding hydrogens is 280 g/mol. The Morgan fingerprint density at radius 2 is 2.25 bits per heavy atom. The Kier molecular flexibility index (Phi) is 2.55. The van der Waals surface area contributed by atoms with Gasteiger partial charge in [-0.25, -0.2) is 4.79 Å². The summed E-state index contributed by atoms with van der Waals surface area (Å²) in [6.45, 7) is 0. The van der Waals surface area contributed by atoms with Crippen molar-refractivity contribution in [3.8, 4) is 0 Å². The van der Waals surface area contributed by atoms with Gasteiger partial charge in [-0.05, 0) is 6.07 Å². The minimum Gasteiger partial charge on any atom is -0.407 e. The van der Waals surface area contributed by atoms with E-state index in [2.05, 4.69) is 15.9 Å². The Morgan fingerprint density at radius 1 is 1.56 bits per heavy atom. The van der Waals surface area contributed by atoms with Crippen molar-refractivity contribution in [3.63, 3.8) is 0 Å². The van der Waals surface area contributed by atoms with Gasteiger partial charge in [0.1, 0.15) is 0 Å². The molecule has 0 fully saturated rings. The first-order valence-electron chi connectivity index (χ1n) is 4.37. The second kappa shape index (κ2) is 3.75. The van der Waals surface area contributed by atoms with Crippen molar-refractivity contribution in [1.29, 1.82) is 0 Å². The molecule has 2 aromatic rings. The molecule has 7 heteroatoms. The van der Waals surface area contributed by atoms with Gasteiger partial charge in [-0.15, -0.1) is 0 Å². The average molecular weight is 287 g/mol. The molecule has 16 heavy (non-hydrogen) atoms. The Morgan fingerprint density at radius 3 is 2.81 bits per heavy atom. The first-order chi connectivity index (χ1) is 7.54. The van der Waals surface area contributed by atoms with Gasteiger partial charge in [-0.1, -0.05) is 15.9 Å². The van der Waals surface area contributed by atoms with E-state index < -0.39 is 10.7 Å². The SMILES string of the molecule is Cn1c(=O)oc2cc([N+](=O)[O-])c(CBr)cc21. The largest absolute Gasteiger partial charge is 0.419 e. The highest BCUT2D eigenvalue weighted by Crippen LogP contribution is 2.26. The number of hydrogen-bond donors (Lipinski definition) is 0. The van der Waals surface area contributed by atoms with E-state index in [-0.39, 0.29) is 11.3 Å². The normalized spacial score (nSPS) is 10.9. The molecule has 6 nitrogen and oxygen atoms in total. The second-order valence-corrected chi connectivity index (χ2v) is 3.83. The van der Waals surface area contributed by atoms with Crippen LogP contribution in [-0.2, 0) is 12.4 Å². The summed E-state index contributed by atoms with van der Waals surface area (Å²) in [6, 6.07) is 2.85. The summed E-state index contributed by atoms with van der Waals surface area (Å²) >= 11 is 3.17. The zero-order valence-electron chi connectivity index (χ0n) is 8.27. The van der Waals surface area contributed by atoms with Gasteiger partial charge in [0.15, 0.2) is 5.58 Å². The number of aromatic nitrogens is 1. The number of hydrogen-bond acceptors (Lipinski definition) is 4. The quantitative estimate of drug-likeness (QED) is 0.480. The molecule has 1 heterocycles. The Hall–Kier alpha value is -1.63. The van der Waals surface area contributed by atoms with Gasteiger partial charge in [0.05, 0.1) is 16.5 Å². The Labute approximate surface area is 97.7 Å². The number of fused-ring (bicyclic) bond motifs is 1. The Balaban J connectivity index is 2.85. The van der Waals surface area contributed by atoms with Gasteiger partial charge in [-0.2, -0.15) is 0 Å². The van der Waals surface area contributed by atoms with Crippen LogP contribution in [0.25, 0.3) is 11.1 Å². The molecule has 0 spiro atoms. The molecule has 0 aliphatic carbocycles. The second-order valence-electron chi connectivity index (χ2n) is 3.27. The number of aryl methyl sites for hydroxylation is 1. The predicted molar refractivity (Wildman–Crippen MR) is 60.7 cm³/mol. The lowest BCUT2D eigenvalue weighted by Crippen LogP contribution is -2.08. The summed E-state index contributed by atoms with van der Waals surface area (Å²) in [5.74, 6) is -0.531. The summed E-state index contributed by atoms with van der Waals surface area (Å²) in [4.78, 5) is 21.5. The van der Waals surface area contributed by atoms with E-state index in [1.807, 2.05) is 0 Å². The van der Waals surface area contributed by atoms with Crippen LogP contribution in [0.3, 0.4) is 0 Å². The monoisotopic (exact) mass is 286 g/mol. The number of oxazole rings is 1. The molecule has 2 rings (SSSR count). The average Bonchev–Trinajstić information content (AvgIpc) is 2.53. The smallest absolute Gasteiger partial charge is 0.407 e. The summed E-state index contributed by atoms with van der Waals surface area (Å²) in [7, 11) is 1.55. The molecule has 84 valence electrons. The fourth-order valence-electron chi connectivity index (χ4n) is 1.48. The van der Waals surface area contributed by atoms with E-state index in [0.717, 1.165) is 0 Å². The van der Waals surface area contributed by atoms with Gasteiger partial charge in [0.2, 0.25) is 0 Å². The molecule has 1 aromatic carbocycles. The molecule has 0 bridgehead atoms. The third-order valence-corrected chi connectivity index (χ3v) is 2.94. The zero-order chi connectivity index (χ0) is 11.9. The van der Waals surface area contributed by atoms with Crippen molar-refractivity contribution in [3.05, 3.63) is 38.4 Å². The number of halogens is 1. The van der Waals surface area contributed by atoms with E-state index in [9.17, 15) is 14.9 Å². The zero-order valence-corrected chi connectivity index (χ0v) is 9.85. The van der Waals surface area contributed by atoms with E-state index in [4.69, 9.17) is 4.42 Å². The van der Waals surface area contributed by atoms with Crippen LogP contribution in [0.15, 0.2) is 21.3 Å². The third kappa shape index (κ3) is 1.53. The van der Waals surface area contributed by atoms with Crippen LogP contribution in [0.1, 0.15) is 5.56 Å². The predicted octanol–water partition coefficient (Wildman–Crippen LogP) is 1.93. The lowest BCUT2D eigenvalue weighted by molar-refractivity contribution is -0.385. The standard InChI is InChI=1S/C9H7BrN2O4/c1-11-7-2-5(4-10)6(12(14)15)3-8(7)16-9(11)13/h2-3H,4H2,1H3. The number of alkyl halides is 1. The molecule has 0 saturated heterocycles. The number of nitro benzene ring substituents is 1. The molecule has 0 aliphatic rings. The molecule has 0 unspecified atom stereocenters. The minimum absolute atomic E-state index is 0.0567. The topological polar surface area (TPSA) is 78.3 Å². The lowest BCUT2D eigenvalue weighted by atomic mass is 10.2. The van der Waals surface area contributed by atoms with E-state index in [0.29, 0.717) is 16.4 Å². The van der Waals surface area contributed by atoms with Crippen LogP contribution >= 0.6 is 15.9 Å². The molecular formula is C9H7BrN2O4. The van der Waals surface area contributed by atoms with Crippen LogP contribution in [0.4, 0.5) is 5.69 Å². The first-order valence-corrected chi connectivity index (χ1v) is 5.49. The fourth-order valence-corrected chi connectivity index (χ4v) is 1.93. The number of rotatable bonds is 2. The highest BCUT2D eigenvalue weighted by molar-refractivity contribution is 9.08. The summed E-state index contributed by atoms with van der Waals surface area (Å²) in [5, 5.41) is 11.1. The molecule has 1 aromatic heterocycles. The molecule has 0 saturated carbocycles. The number of nitrogens with zero attached hydrogens (tertiary/aromatic N) is 2. The maximum atomic E-state index is 11.2. The summed E-state index contributed by atoms with van der Waals surface area (Å²) in [5.41, 5.74) is 1.22. The van der Waals surface area contributed by atoms with Gasteiger partial charge in [0.25, 0.3) is 5.69 Å². The van der Waals surface area contributed by atoms with Crippen LogP contribution in [0.2, 0.25) is 0 Å². The Bertz CT molecular complexity index is 628. The van der Waals surface area contributed by atoms with Gasteiger partial charge in [-0.3, -0.25) is 14.7 Å². The van der Waals surface area contributed by atoms with Crippen LogP contribution < -0.4 is 5.76 Å². The van der Waals surface area contributed by atoms with Gasteiger partial charge in [0, 0.05) is 17.9 Å². The van der Waals surface area contributed by atoms with Crippen LogP contribution in [0, 0.1) is 10.1 Å². The van der Waals surface area contributed by atoms with Gasteiger partial charge >= 0.3 is 5.76 Å². The van der Waals surface area contributed by atoms with Crippen molar-refractivity contribution in [2.24, 2.45) is 7.05 Å². The highest BCUT2D eigenvalue weighted by Gasteiger charge is 2.17. The van der Waals surface area contributed by atoms with E-state index in [1.165, 1.54) is 10.6 Å². The van der Waals surface area contributed by atoms with Crippen LogP contribution in [-0.4, -0.2) is 9.49 Å². The molecule has 0 amide bonds. The van der Waals surface area contributed by atoms with Crippen molar-refractivity contribution >= 4 is 32.7 Å². The maximum Gasteiger partial charge on any atom is 0.419 e. The van der Waals surface area contributed by atoms with Gasteiger partial charge < -0.3 is 4.42 Å². The highest BCUT2D eigenvalue weighted by atomic mass is 79.9. The molecule has 0 atom stereocenters. The number of benzene rings is 1. The minimum atomic E-state index is -0.531. The molecule has 0 N–H and O–H groups in total. The fraction of sp³-hybridized carbons (Fsp3) is 0.222. The summed E-state index contributed by atoms with van der Waals surface area (Å²) < 4.78 is 6.19. The first kappa shape index (κ1) is 10.9. The molecule has 0 radical (unpaired) electrons. The van der Waals surface area contributed by atoms with E-state index >= 15 is 0 Å². The third-order valence-electron chi connectivity index (χ3n) is 2.33.